The van der Waals surface area contributed by atoms with Crippen molar-refractivity contribution >= 4 is 5.97 Å². The average molecular weight is 339 g/mol. The van der Waals surface area contributed by atoms with Crippen LogP contribution >= 0.6 is 0 Å². The molecule has 0 saturated carbocycles. The van der Waals surface area contributed by atoms with E-state index in [1.54, 1.807) is 0 Å². The quantitative estimate of drug-likeness (QED) is 0.666. The first-order valence-electron chi connectivity index (χ1n) is 8.90. The third-order valence-electron chi connectivity index (χ3n) is 4.08. The van der Waals surface area contributed by atoms with Crippen LogP contribution in [0, 0.1) is 0 Å². The second-order valence-corrected chi connectivity index (χ2v) is 7.38. The molecule has 1 atom stereocenters. The molecule has 0 spiro atoms. The van der Waals surface area contributed by atoms with Gasteiger partial charge in [0.25, 0.3) is 0 Å². The number of hydrogen-bond acceptors (Lipinski definition) is 3. The maximum absolute atomic E-state index is 12.1. The van der Waals surface area contributed by atoms with Crippen molar-refractivity contribution in [1.82, 2.24) is 4.90 Å². The summed E-state index contributed by atoms with van der Waals surface area (Å²) in [7, 11) is 0. The Kier molecular flexibility index (Phi) is 6.77. The van der Waals surface area contributed by atoms with Gasteiger partial charge in [0.2, 0.25) is 0 Å². The van der Waals surface area contributed by atoms with Crippen LogP contribution in [0.25, 0.3) is 0 Å². The lowest BCUT2D eigenvalue weighted by Crippen LogP contribution is -2.31. The molecule has 1 unspecified atom stereocenters. The van der Waals surface area contributed by atoms with Gasteiger partial charge in [-0.15, -0.1) is 0 Å². The summed E-state index contributed by atoms with van der Waals surface area (Å²) in [5.74, 6) is -0.147. The largest absolute Gasteiger partial charge is 0.460 e. The lowest BCUT2D eigenvalue weighted by molar-refractivity contribution is -0.155. The molecule has 0 aliphatic rings. The number of benzene rings is 2. The molecule has 2 rings (SSSR count). The number of esters is 1. The highest BCUT2D eigenvalue weighted by Gasteiger charge is 2.20. The van der Waals surface area contributed by atoms with Crippen molar-refractivity contribution in [3.05, 3.63) is 71.8 Å². The van der Waals surface area contributed by atoms with E-state index in [9.17, 15) is 4.79 Å². The Bertz CT molecular complexity index is 647. The smallest absolute Gasteiger partial charge is 0.307 e. The number of hydrogen-bond donors (Lipinski definition) is 0. The second-order valence-electron chi connectivity index (χ2n) is 7.38. The lowest BCUT2D eigenvalue weighted by atomic mass is 10.1. The van der Waals surface area contributed by atoms with Gasteiger partial charge in [-0.05, 0) is 38.8 Å². The maximum Gasteiger partial charge on any atom is 0.307 e. The molecule has 0 heterocycles. The van der Waals surface area contributed by atoms with E-state index in [-0.39, 0.29) is 12.0 Å². The van der Waals surface area contributed by atoms with Crippen LogP contribution in [0.4, 0.5) is 0 Å². The summed E-state index contributed by atoms with van der Waals surface area (Å²) >= 11 is 0. The highest BCUT2D eigenvalue weighted by Crippen LogP contribution is 2.23. The summed E-state index contributed by atoms with van der Waals surface area (Å²) < 4.78 is 5.46. The SMILES string of the molecule is CC(c1ccccc1)N(CCC(=O)OC(C)(C)C)Cc1ccccc1. The number of nitrogens with zero attached hydrogens (tertiary/aromatic N) is 1. The number of ether oxygens (including phenoxy) is 1. The van der Waals surface area contributed by atoms with E-state index in [0.29, 0.717) is 13.0 Å². The third-order valence-corrected chi connectivity index (χ3v) is 4.08. The molecule has 0 aromatic heterocycles. The fourth-order valence-electron chi connectivity index (χ4n) is 2.80. The Morgan fingerprint density at radius 3 is 2.12 bits per heavy atom. The van der Waals surface area contributed by atoms with Gasteiger partial charge in [-0.25, -0.2) is 0 Å². The van der Waals surface area contributed by atoms with E-state index < -0.39 is 5.60 Å². The molecule has 3 nitrogen and oxygen atoms in total. The minimum absolute atomic E-state index is 0.147. The van der Waals surface area contributed by atoms with E-state index in [1.165, 1.54) is 11.1 Å². The molecule has 0 aliphatic heterocycles. The van der Waals surface area contributed by atoms with Crippen molar-refractivity contribution in [1.29, 1.82) is 0 Å². The second kappa shape index (κ2) is 8.82. The summed E-state index contributed by atoms with van der Waals surface area (Å²) in [4.78, 5) is 14.5. The molecule has 25 heavy (non-hydrogen) atoms. The molecule has 0 N–H and O–H groups in total. The Morgan fingerprint density at radius 2 is 1.56 bits per heavy atom. The van der Waals surface area contributed by atoms with Crippen molar-refractivity contribution in [2.45, 2.75) is 52.3 Å². The van der Waals surface area contributed by atoms with Gasteiger partial charge in [-0.3, -0.25) is 9.69 Å². The number of carbonyl (C=O) groups is 1. The van der Waals surface area contributed by atoms with Crippen molar-refractivity contribution < 1.29 is 9.53 Å². The van der Waals surface area contributed by atoms with Crippen LogP contribution in [0.15, 0.2) is 60.7 Å². The van der Waals surface area contributed by atoms with Crippen LogP contribution in [0.5, 0.6) is 0 Å². The number of rotatable bonds is 7. The topological polar surface area (TPSA) is 29.5 Å². The normalized spacial score (nSPS) is 12.8. The summed E-state index contributed by atoms with van der Waals surface area (Å²) in [6, 6.07) is 21.0. The van der Waals surface area contributed by atoms with Gasteiger partial charge in [-0.1, -0.05) is 60.7 Å². The zero-order valence-electron chi connectivity index (χ0n) is 15.7. The highest BCUT2D eigenvalue weighted by molar-refractivity contribution is 5.70. The highest BCUT2D eigenvalue weighted by atomic mass is 16.6. The molecule has 3 heteroatoms. The summed E-state index contributed by atoms with van der Waals surface area (Å²) in [6.45, 7) is 9.37. The standard InChI is InChI=1S/C22H29NO2/c1-18(20-13-9-6-10-14-20)23(17-19-11-7-5-8-12-19)16-15-21(24)25-22(2,3)4/h5-14,18H,15-17H2,1-4H3. The molecule has 0 bridgehead atoms. The molecule has 2 aromatic rings. The monoisotopic (exact) mass is 339 g/mol. The summed E-state index contributed by atoms with van der Waals surface area (Å²) in [5, 5.41) is 0. The Hall–Kier alpha value is -2.13. The summed E-state index contributed by atoms with van der Waals surface area (Å²) in [5.41, 5.74) is 2.06. The van der Waals surface area contributed by atoms with E-state index in [2.05, 4.69) is 60.4 Å². The van der Waals surface area contributed by atoms with Crippen LogP contribution in [0.1, 0.15) is 51.3 Å². The van der Waals surface area contributed by atoms with Crippen molar-refractivity contribution in [2.24, 2.45) is 0 Å². The Balaban J connectivity index is 2.07. The molecule has 2 aromatic carbocycles. The van der Waals surface area contributed by atoms with Crippen LogP contribution in [-0.4, -0.2) is 23.0 Å². The maximum atomic E-state index is 12.1. The molecular weight excluding hydrogens is 310 g/mol. The van der Waals surface area contributed by atoms with Gasteiger partial charge in [0, 0.05) is 19.1 Å². The van der Waals surface area contributed by atoms with E-state index in [4.69, 9.17) is 4.74 Å². The van der Waals surface area contributed by atoms with Crippen molar-refractivity contribution in [3.8, 4) is 0 Å². The third kappa shape index (κ3) is 6.71. The lowest BCUT2D eigenvalue weighted by Gasteiger charge is -2.30. The van der Waals surface area contributed by atoms with E-state index in [0.717, 1.165) is 6.54 Å². The van der Waals surface area contributed by atoms with Gasteiger partial charge >= 0.3 is 5.97 Å². The summed E-state index contributed by atoms with van der Waals surface area (Å²) in [6.07, 6.45) is 0.390. The molecule has 0 fully saturated rings. The van der Waals surface area contributed by atoms with Crippen LogP contribution in [0.3, 0.4) is 0 Å². The first-order chi connectivity index (χ1) is 11.8. The first kappa shape index (κ1) is 19.2. The number of carbonyl (C=O) groups excluding carboxylic acids is 1. The molecule has 0 aliphatic carbocycles. The fraction of sp³-hybridized carbons (Fsp3) is 0.409. The zero-order chi connectivity index (χ0) is 18.3. The minimum Gasteiger partial charge on any atom is -0.460 e. The average Bonchev–Trinajstić information content (AvgIpc) is 2.58. The van der Waals surface area contributed by atoms with Crippen molar-refractivity contribution in [2.75, 3.05) is 6.54 Å². The Morgan fingerprint density at radius 1 is 1.00 bits per heavy atom. The van der Waals surface area contributed by atoms with Gasteiger partial charge < -0.3 is 4.74 Å². The van der Waals surface area contributed by atoms with Gasteiger partial charge in [0.05, 0.1) is 6.42 Å². The van der Waals surface area contributed by atoms with Crippen LogP contribution < -0.4 is 0 Å². The first-order valence-corrected chi connectivity index (χ1v) is 8.90. The molecule has 0 amide bonds. The van der Waals surface area contributed by atoms with Crippen LogP contribution in [-0.2, 0) is 16.1 Å². The molecule has 134 valence electrons. The van der Waals surface area contributed by atoms with Gasteiger partial charge in [0.15, 0.2) is 0 Å². The van der Waals surface area contributed by atoms with E-state index in [1.807, 2.05) is 32.9 Å². The van der Waals surface area contributed by atoms with E-state index >= 15 is 0 Å². The minimum atomic E-state index is -0.438. The predicted octanol–water partition coefficient (Wildman–Crippen LogP) is 4.98. The van der Waals surface area contributed by atoms with Crippen LogP contribution in [0.2, 0.25) is 0 Å². The predicted molar refractivity (Wildman–Crippen MR) is 102 cm³/mol. The molecule has 0 radical (unpaired) electrons. The molecule has 0 saturated heterocycles. The van der Waals surface area contributed by atoms with Gasteiger partial charge in [-0.2, -0.15) is 0 Å². The molecular formula is C22H29NO2. The fourth-order valence-corrected chi connectivity index (χ4v) is 2.80. The Labute approximate surface area is 151 Å². The zero-order valence-corrected chi connectivity index (χ0v) is 15.7. The van der Waals surface area contributed by atoms with Crippen molar-refractivity contribution in [3.63, 3.8) is 0 Å². The van der Waals surface area contributed by atoms with Gasteiger partial charge in [0.1, 0.15) is 5.60 Å².